The molecule has 0 radical (unpaired) electrons. The summed E-state index contributed by atoms with van der Waals surface area (Å²) in [6.07, 6.45) is 1.85. The predicted octanol–water partition coefficient (Wildman–Crippen LogP) is 3.61. The van der Waals surface area contributed by atoms with Gasteiger partial charge in [-0.25, -0.2) is 4.68 Å². The molecule has 0 bridgehead atoms. The number of morpholine rings is 1. The molecule has 7 heteroatoms. The molecule has 1 N–H and O–H groups in total. The quantitative estimate of drug-likeness (QED) is 0.701. The van der Waals surface area contributed by atoms with Gasteiger partial charge in [0, 0.05) is 18.5 Å². The minimum absolute atomic E-state index is 0.0422. The van der Waals surface area contributed by atoms with Gasteiger partial charge in [-0.1, -0.05) is 13.0 Å². The van der Waals surface area contributed by atoms with Crippen LogP contribution in [0, 0.1) is 5.41 Å². The van der Waals surface area contributed by atoms with Gasteiger partial charge in [0.2, 0.25) is 5.91 Å². The number of nitrogens with one attached hydrogen (secondary N) is 1. The van der Waals surface area contributed by atoms with Gasteiger partial charge < -0.3 is 19.7 Å². The van der Waals surface area contributed by atoms with Crippen LogP contribution in [0.3, 0.4) is 0 Å². The fourth-order valence-electron chi connectivity index (χ4n) is 3.90. The van der Waals surface area contributed by atoms with Crippen molar-refractivity contribution in [2.75, 3.05) is 43.6 Å². The first-order valence-corrected chi connectivity index (χ1v) is 10.4. The van der Waals surface area contributed by atoms with Crippen LogP contribution in [-0.2, 0) is 9.53 Å². The van der Waals surface area contributed by atoms with Crippen molar-refractivity contribution in [1.29, 1.82) is 0 Å². The third-order valence-corrected chi connectivity index (χ3v) is 6.13. The lowest BCUT2D eigenvalue weighted by Crippen LogP contribution is -2.36. The van der Waals surface area contributed by atoms with E-state index in [1.165, 1.54) is 0 Å². The summed E-state index contributed by atoms with van der Waals surface area (Å²) in [5.41, 5.74) is 2.68. The molecule has 2 aromatic carbocycles. The highest BCUT2D eigenvalue weighted by molar-refractivity contribution is 6.08. The molecule has 1 amide bonds. The Labute approximate surface area is 175 Å². The molecule has 1 saturated heterocycles. The van der Waals surface area contributed by atoms with E-state index in [9.17, 15) is 4.79 Å². The van der Waals surface area contributed by atoms with Crippen LogP contribution in [0.4, 0.5) is 11.5 Å². The molecule has 7 nitrogen and oxygen atoms in total. The minimum Gasteiger partial charge on any atom is -0.497 e. The number of carbonyl (C=O) groups is 1. The number of nitrogens with zero attached hydrogens (tertiary/aromatic N) is 3. The van der Waals surface area contributed by atoms with Crippen LogP contribution >= 0.6 is 0 Å². The van der Waals surface area contributed by atoms with Gasteiger partial charge in [-0.05, 0) is 49.2 Å². The lowest BCUT2D eigenvalue weighted by Gasteiger charge is -2.29. The third-order valence-electron chi connectivity index (χ3n) is 6.13. The van der Waals surface area contributed by atoms with Crippen LogP contribution in [0.5, 0.6) is 5.75 Å². The fourth-order valence-corrected chi connectivity index (χ4v) is 3.90. The summed E-state index contributed by atoms with van der Waals surface area (Å²) in [5.74, 6) is 1.45. The number of hydrogen-bond acceptors (Lipinski definition) is 5. The molecule has 156 valence electrons. The van der Waals surface area contributed by atoms with Crippen LogP contribution < -0.4 is 15.0 Å². The van der Waals surface area contributed by atoms with Crippen molar-refractivity contribution < 1.29 is 14.3 Å². The average Bonchev–Trinajstić information content (AvgIpc) is 3.45. The molecule has 1 saturated carbocycles. The maximum Gasteiger partial charge on any atom is 0.231 e. The zero-order valence-electron chi connectivity index (χ0n) is 17.4. The van der Waals surface area contributed by atoms with Crippen molar-refractivity contribution in [2.24, 2.45) is 5.41 Å². The van der Waals surface area contributed by atoms with E-state index < -0.39 is 0 Å². The van der Waals surface area contributed by atoms with Gasteiger partial charge in [0.1, 0.15) is 5.75 Å². The van der Waals surface area contributed by atoms with E-state index in [0.29, 0.717) is 19.0 Å². The second kappa shape index (κ2) is 7.32. The highest BCUT2D eigenvalue weighted by atomic mass is 16.5. The molecule has 0 unspecified atom stereocenters. The first-order chi connectivity index (χ1) is 14.6. The number of ether oxygens (including phenoxy) is 2. The molecule has 2 fully saturated rings. The van der Waals surface area contributed by atoms with Gasteiger partial charge in [-0.3, -0.25) is 4.79 Å². The number of hydrogen-bond donors (Lipinski definition) is 1. The Balaban J connectivity index is 1.64. The van der Waals surface area contributed by atoms with Crippen molar-refractivity contribution in [1.82, 2.24) is 9.78 Å². The Morgan fingerprint density at radius 1 is 1.13 bits per heavy atom. The van der Waals surface area contributed by atoms with Crippen LogP contribution in [0.25, 0.3) is 16.6 Å². The normalized spacial score (nSPS) is 17.7. The lowest BCUT2D eigenvalue weighted by atomic mass is 10.1. The van der Waals surface area contributed by atoms with Crippen molar-refractivity contribution in [3.05, 3.63) is 42.5 Å². The zero-order valence-corrected chi connectivity index (χ0v) is 17.4. The molecule has 1 aliphatic heterocycles. The Kier molecular flexibility index (Phi) is 4.62. The summed E-state index contributed by atoms with van der Waals surface area (Å²) >= 11 is 0. The average molecular weight is 406 g/mol. The van der Waals surface area contributed by atoms with E-state index in [-0.39, 0.29) is 11.3 Å². The highest BCUT2D eigenvalue weighted by Crippen LogP contribution is 2.46. The molecule has 1 aliphatic carbocycles. The summed E-state index contributed by atoms with van der Waals surface area (Å²) in [7, 11) is 1.65. The van der Waals surface area contributed by atoms with Crippen LogP contribution in [-0.4, -0.2) is 49.1 Å². The van der Waals surface area contributed by atoms with Gasteiger partial charge in [-0.15, -0.1) is 5.10 Å². The first kappa shape index (κ1) is 18.9. The van der Waals surface area contributed by atoms with Crippen molar-refractivity contribution in [3.8, 4) is 11.4 Å². The maximum absolute atomic E-state index is 12.8. The molecule has 5 rings (SSSR count). The minimum atomic E-state index is -0.274. The Hall–Kier alpha value is -3.06. The number of methoxy groups -OCH3 is 1. The summed E-state index contributed by atoms with van der Waals surface area (Å²) < 4.78 is 12.7. The van der Waals surface area contributed by atoms with E-state index in [2.05, 4.69) is 16.3 Å². The van der Waals surface area contributed by atoms with Crippen LogP contribution in [0.2, 0.25) is 0 Å². The van der Waals surface area contributed by atoms with Crippen molar-refractivity contribution >= 4 is 28.3 Å². The summed E-state index contributed by atoms with van der Waals surface area (Å²) in [4.78, 5) is 15.2. The molecular weight excluding hydrogens is 380 g/mol. The smallest absolute Gasteiger partial charge is 0.231 e. The van der Waals surface area contributed by atoms with Gasteiger partial charge >= 0.3 is 0 Å². The molecule has 30 heavy (non-hydrogen) atoms. The van der Waals surface area contributed by atoms with Gasteiger partial charge in [-0.2, -0.15) is 0 Å². The largest absolute Gasteiger partial charge is 0.497 e. The predicted molar refractivity (Wildman–Crippen MR) is 117 cm³/mol. The van der Waals surface area contributed by atoms with E-state index >= 15 is 0 Å². The van der Waals surface area contributed by atoms with Gasteiger partial charge in [0.25, 0.3) is 0 Å². The Morgan fingerprint density at radius 3 is 2.53 bits per heavy atom. The second-order valence-corrected chi connectivity index (χ2v) is 8.24. The molecule has 0 spiro atoms. The fraction of sp³-hybridized carbons (Fsp3) is 0.391. The maximum atomic E-state index is 12.8. The van der Waals surface area contributed by atoms with Crippen LogP contribution in [0.1, 0.15) is 19.8 Å². The first-order valence-electron chi connectivity index (χ1n) is 10.4. The number of carbonyl (C=O) groups excluding carboxylic acids is 1. The highest BCUT2D eigenvalue weighted by Gasteiger charge is 2.45. The molecule has 1 aromatic heterocycles. The standard InChI is InChI=1S/C23H26N4O3/c1-23(10-11-23)22(28)24-21-20-18(26-12-14-30-15-13-26)4-3-5-19(20)27(25-21)16-6-8-17(29-2)9-7-16/h3-9H,10-15H2,1-2H3,(H,24,25,28). The Morgan fingerprint density at radius 2 is 1.87 bits per heavy atom. The van der Waals surface area contributed by atoms with Crippen molar-refractivity contribution in [3.63, 3.8) is 0 Å². The third kappa shape index (κ3) is 3.29. The summed E-state index contributed by atoms with van der Waals surface area (Å²) in [6, 6.07) is 14.0. The zero-order chi connectivity index (χ0) is 20.7. The number of anilines is 2. The molecule has 2 aliphatic rings. The summed E-state index contributed by atoms with van der Waals surface area (Å²) in [5, 5.41) is 8.93. The molecular formula is C23H26N4O3. The monoisotopic (exact) mass is 406 g/mol. The topological polar surface area (TPSA) is 68.6 Å². The summed E-state index contributed by atoms with van der Waals surface area (Å²) in [6.45, 7) is 5.04. The van der Waals surface area contributed by atoms with E-state index in [4.69, 9.17) is 14.6 Å². The van der Waals surface area contributed by atoms with E-state index in [1.54, 1.807) is 7.11 Å². The number of rotatable bonds is 5. The molecule has 3 aromatic rings. The second-order valence-electron chi connectivity index (χ2n) is 8.24. The van der Waals surface area contributed by atoms with Crippen LogP contribution in [0.15, 0.2) is 42.5 Å². The van der Waals surface area contributed by atoms with E-state index in [1.807, 2.05) is 48.0 Å². The lowest BCUT2D eigenvalue weighted by molar-refractivity contribution is -0.120. The Bertz CT molecular complexity index is 1080. The van der Waals surface area contributed by atoms with Gasteiger partial charge in [0.05, 0.1) is 42.6 Å². The number of benzene rings is 2. The number of amides is 1. The SMILES string of the molecule is COc1ccc(-n2nc(NC(=O)C3(C)CC3)c3c(N4CCOCC4)cccc32)cc1. The molecule has 0 atom stereocenters. The number of fused-ring (bicyclic) bond motifs is 1. The van der Waals surface area contributed by atoms with E-state index in [0.717, 1.165) is 54.0 Å². The van der Waals surface area contributed by atoms with Gasteiger partial charge in [0.15, 0.2) is 5.82 Å². The van der Waals surface area contributed by atoms with Crippen molar-refractivity contribution in [2.45, 2.75) is 19.8 Å². The molecule has 2 heterocycles. The number of aromatic nitrogens is 2.